The van der Waals surface area contributed by atoms with E-state index in [0.717, 1.165) is 5.56 Å². The van der Waals surface area contributed by atoms with Gasteiger partial charge in [-0.2, -0.15) is 0 Å². The van der Waals surface area contributed by atoms with E-state index in [0.29, 0.717) is 33.5 Å². The Morgan fingerprint density at radius 3 is 2.52 bits per heavy atom. The Kier molecular flexibility index (Phi) is 4.94. The average molecular weight is 440 g/mol. The number of carbonyl (C=O) groups is 2. The molecule has 0 spiro atoms. The number of aryl methyl sites for hydroxylation is 1. The molecule has 4 aromatic rings. The van der Waals surface area contributed by atoms with Crippen LogP contribution >= 0.6 is 0 Å². The fraction of sp³-hybridized carbons (Fsp3) is 0.115. The number of carbonyl (C=O) groups excluding carboxylic acids is 2. The van der Waals surface area contributed by atoms with Crippen LogP contribution in [-0.2, 0) is 4.79 Å². The zero-order valence-electron chi connectivity index (χ0n) is 17.8. The molecule has 0 saturated heterocycles. The Morgan fingerprint density at radius 1 is 1.03 bits per heavy atom. The SMILES string of the molecule is Cc1cccc(N2C(=O)c3oc4ccccc4c(=O)c3C2c2ccc(OCC(N)=O)cc2)c1. The molecule has 2 heterocycles. The van der Waals surface area contributed by atoms with Gasteiger partial charge in [-0.25, -0.2) is 0 Å². The van der Waals surface area contributed by atoms with E-state index in [2.05, 4.69) is 0 Å². The Bertz CT molecular complexity index is 1460. The summed E-state index contributed by atoms with van der Waals surface area (Å²) in [5, 5.41) is 0.418. The van der Waals surface area contributed by atoms with E-state index < -0.39 is 11.9 Å². The standard InChI is InChI=1S/C26H20N2O5/c1-15-5-4-6-17(13-15)28-23(16-9-11-18(12-10-16)32-14-21(27)29)22-24(30)19-7-2-3-8-20(19)33-25(22)26(28)31/h2-13,23H,14H2,1H3,(H2,27,29). The maximum Gasteiger partial charge on any atom is 0.295 e. The van der Waals surface area contributed by atoms with Crippen molar-refractivity contribution in [2.75, 3.05) is 11.5 Å². The van der Waals surface area contributed by atoms with Crippen LogP contribution in [0.2, 0.25) is 0 Å². The van der Waals surface area contributed by atoms with E-state index in [1.54, 1.807) is 53.4 Å². The van der Waals surface area contributed by atoms with E-state index in [-0.39, 0.29) is 23.7 Å². The molecule has 2 amide bonds. The number of primary amides is 1. The molecule has 7 nitrogen and oxygen atoms in total. The smallest absolute Gasteiger partial charge is 0.295 e. The lowest BCUT2D eigenvalue weighted by molar-refractivity contribution is -0.119. The van der Waals surface area contributed by atoms with Gasteiger partial charge in [-0.1, -0.05) is 36.4 Å². The van der Waals surface area contributed by atoms with Gasteiger partial charge in [-0.15, -0.1) is 0 Å². The minimum Gasteiger partial charge on any atom is -0.484 e. The van der Waals surface area contributed by atoms with Gasteiger partial charge in [0.2, 0.25) is 5.76 Å². The summed E-state index contributed by atoms with van der Waals surface area (Å²) in [6.07, 6.45) is 0. The summed E-state index contributed by atoms with van der Waals surface area (Å²) in [6, 6.07) is 20.6. The first kappa shape index (κ1) is 20.5. The number of anilines is 1. The van der Waals surface area contributed by atoms with Gasteiger partial charge in [-0.05, 0) is 54.4 Å². The highest BCUT2D eigenvalue weighted by Gasteiger charge is 2.43. The van der Waals surface area contributed by atoms with Crippen LogP contribution in [0, 0.1) is 6.92 Å². The van der Waals surface area contributed by atoms with Crippen molar-refractivity contribution in [1.29, 1.82) is 0 Å². The number of hydrogen-bond acceptors (Lipinski definition) is 5. The molecular weight excluding hydrogens is 420 g/mol. The minimum atomic E-state index is -0.680. The van der Waals surface area contributed by atoms with Gasteiger partial charge >= 0.3 is 0 Å². The van der Waals surface area contributed by atoms with Crippen LogP contribution in [0.25, 0.3) is 11.0 Å². The van der Waals surface area contributed by atoms with Crippen molar-refractivity contribution in [3.63, 3.8) is 0 Å². The van der Waals surface area contributed by atoms with Crippen LogP contribution in [0.15, 0.2) is 82.0 Å². The first-order valence-electron chi connectivity index (χ1n) is 10.4. The van der Waals surface area contributed by atoms with E-state index in [1.165, 1.54) is 0 Å². The molecule has 1 aliphatic rings. The summed E-state index contributed by atoms with van der Waals surface area (Å²) in [6.45, 7) is 1.70. The number of rotatable bonds is 5. The molecule has 1 atom stereocenters. The first-order valence-corrected chi connectivity index (χ1v) is 10.4. The van der Waals surface area contributed by atoms with Gasteiger partial charge in [0.25, 0.3) is 11.8 Å². The van der Waals surface area contributed by atoms with Crippen LogP contribution in [0.1, 0.15) is 33.3 Å². The number of hydrogen-bond donors (Lipinski definition) is 1. The van der Waals surface area contributed by atoms with Crippen molar-refractivity contribution in [1.82, 2.24) is 0 Å². The third-order valence-corrected chi connectivity index (χ3v) is 5.63. The molecule has 164 valence electrons. The van der Waals surface area contributed by atoms with Crippen LogP contribution in [0.4, 0.5) is 5.69 Å². The highest BCUT2D eigenvalue weighted by molar-refractivity contribution is 6.10. The number of nitrogens with two attached hydrogens (primary N) is 1. The lowest BCUT2D eigenvalue weighted by Crippen LogP contribution is -2.29. The molecule has 0 aliphatic carbocycles. The number of benzene rings is 3. The van der Waals surface area contributed by atoms with E-state index >= 15 is 0 Å². The predicted octanol–water partition coefficient (Wildman–Crippen LogP) is 3.72. The monoisotopic (exact) mass is 440 g/mol. The molecule has 33 heavy (non-hydrogen) atoms. The fourth-order valence-corrected chi connectivity index (χ4v) is 4.18. The largest absolute Gasteiger partial charge is 0.484 e. The van der Waals surface area contributed by atoms with E-state index in [9.17, 15) is 14.4 Å². The van der Waals surface area contributed by atoms with Gasteiger partial charge in [-0.3, -0.25) is 19.3 Å². The number of fused-ring (bicyclic) bond motifs is 2. The lowest BCUT2D eigenvalue weighted by atomic mass is 9.98. The van der Waals surface area contributed by atoms with Crippen LogP contribution in [0.5, 0.6) is 5.75 Å². The van der Waals surface area contributed by atoms with Gasteiger partial charge in [0, 0.05) is 5.69 Å². The molecule has 3 aromatic carbocycles. The molecule has 1 unspecified atom stereocenters. The van der Waals surface area contributed by atoms with Crippen molar-refractivity contribution in [3.05, 3.63) is 105 Å². The molecule has 0 fully saturated rings. The first-order chi connectivity index (χ1) is 15.9. The van der Waals surface area contributed by atoms with Crippen molar-refractivity contribution >= 4 is 28.5 Å². The van der Waals surface area contributed by atoms with Crippen molar-refractivity contribution in [2.45, 2.75) is 13.0 Å². The molecule has 0 radical (unpaired) electrons. The van der Waals surface area contributed by atoms with E-state index in [1.807, 2.05) is 31.2 Å². The second-order valence-corrected chi connectivity index (χ2v) is 7.91. The van der Waals surface area contributed by atoms with Crippen LogP contribution in [0.3, 0.4) is 0 Å². The van der Waals surface area contributed by atoms with Crippen LogP contribution in [-0.4, -0.2) is 18.4 Å². The molecule has 1 aromatic heterocycles. The second kappa shape index (κ2) is 7.94. The zero-order chi connectivity index (χ0) is 23.1. The average Bonchev–Trinajstić information content (AvgIpc) is 3.11. The summed E-state index contributed by atoms with van der Waals surface area (Å²) < 4.78 is 11.3. The molecule has 1 aliphatic heterocycles. The summed E-state index contributed by atoms with van der Waals surface area (Å²) in [5.41, 5.74) is 7.92. The molecule has 0 bridgehead atoms. The van der Waals surface area contributed by atoms with Crippen LogP contribution < -0.4 is 20.8 Å². The normalized spacial score (nSPS) is 15.0. The Balaban J connectivity index is 1.69. The number of para-hydroxylation sites is 1. The van der Waals surface area contributed by atoms with Crippen molar-refractivity contribution in [3.8, 4) is 5.75 Å². The Labute approximate surface area is 189 Å². The summed E-state index contributed by atoms with van der Waals surface area (Å²) >= 11 is 0. The maximum atomic E-state index is 13.5. The Hall–Kier alpha value is -4.39. The Morgan fingerprint density at radius 2 is 1.79 bits per heavy atom. The zero-order valence-corrected chi connectivity index (χ0v) is 17.8. The fourth-order valence-electron chi connectivity index (χ4n) is 4.18. The lowest BCUT2D eigenvalue weighted by Gasteiger charge is -2.25. The quantitative estimate of drug-likeness (QED) is 0.510. The summed E-state index contributed by atoms with van der Waals surface area (Å²) in [4.78, 5) is 39.7. The maximum absolute atomic E-state index is 13.5. The van der Waals surface area contributed by atoms with E-state index in [4.69, 9.17) is 14.9 Å². The van der Waals surface area contributed by atoms with Gasteiger partial charge < -0.3 is 14.9 Å². The third-order valence-electron chi connectivity index (χ3n) is 5.63. The van der Waals surface area contributed by atoms with Crippen molar-refractivity contribution in [2.24, 2.45) is 5.73 Å². The summed E-state index contributed by atoms with van der Waals surface area (Å²) in [5.74, 6) is -0.462. The molecule has 0 saturated carbocycles. The van der Waals surface area contributed by atoms with Crippen molar-refractivity contribution < 1.29 is 18.7 Å². The highest BCUT2D eigenvalue weighted by Crippen LogP contribution is 2.41. The molecule has 7 heteroatoms. The third kappa shape index (κ3) is 3.53. The summed E-state index contributed by atoms with van der Waals surface area (Å²) in [7, 11) is 0. The predicted molar refractivity (Wildman–Crippen MR) is 123 cm³/mol. The minimum absolute atomic E-state index is 0.0410. The van der Waals surface area contributed by atoms with Gasteiger partial charge in [0.05, 0.1) is 17.0 Å². The van der Waals surface area contributed by atoms with Gasteiger partial charge in [0.1, 0.15) is 11.3 Å². The molecule has 2 N–H and O–H groups in total. The highest BCUT2D eigenvalue weighted by atomic mass is 16.5. The number of ether oxygens (including phenoxy) is 1. The number of amides is 2. The topological polar surface area (TPSA) is 103 Å². The molecule has 5 rings (SSSR count). The molecular formula is C26H20N2O5. The number of nitrogens with zero attached hydrogens (tertiary/aromatic N) is 1. The van der Waals surface area contributed by atoms with Gasteiger partial charge in [0.15, 0.2) is 12.0 Å². The second-order valence-electron chi connectivity index (χ2n) is 7.91.